The monoisotopic (exact) mass is 318 g/mol. The normalized spacial score (nSPS) is 9.52. The summed E-state index contributed by atoms with van der Waals surface area (Å²) in [6.07, 6.45) is 1.10. The summed E-state index contributed by atoms with van der Waals surface area (Å²) in [7, 11) is 4.69. The fraction of sp³-hybridized carbons (Fsp3) is 0.500. The van der Waals surface area contributed by atoms with E-state index in [0.29, 0.717) is 43.2 Å². The van der Waals surface area contributed by atoms with Gasteiger partial charge >= 0.3 is 0 Å². The fourth-order valence-electron chi connectivity index (χ4n) is 1.78. The number of hydrogen-bond donors (Lipinski definition) is 2. The molecule has 0 bridgehead atoms. The standard InChI is InChI=1S/C14H22N2O4.ClH/c1-18-11-8-13(20-3)12(19-2)7-10(11)9-16-14(17)5-4-6-15;/h7-8H,4-6,9,15H2,1-3H3,(H,16,17);1H. The Kier molecular flexibility index (Phi) is 9.32. The quantitative estimate of drug-likeness (QED) is 0.759. The zero-order valence-electron chi connectivity index (χ0n) is 12.6. The Morgan fingerprint density at radius 3 is 2.19 bits per heavy atom. The van der Waals surface area contributed by atoms with E-state index in [9.17, 15) is 4.79 Å². The van der Waals surface area contributed by atoms with Crippen molar-refractivity contribution >= 4 is 18.3 Å². The minimum atomic E-state index is -0.0349. The van der Waals surface area contributed by atoms with E-state index in [4.69, 9.17) is 19.9 Å². The number of benzene rings is 1. The van der Waals surface area contributed by atoms with Crippen LogP contribution >= 0.6 is 12.4 Å². The van der Waals surface area contributed by atoms with Gasteiger partial charge in [-0.2, -0.15) is 0 Å². The fourth-order valence-corrected chi connectivity index (χ4v) is 1.78. The molecule has 7 heteroatoms. The molecule has 3 N–H and O–H groups in total. The second-order valence-corrected chi connectivity index (χ2v) is 4.19. The SMILES string of the molecule is COc1cc(OC)c(OC)cc1CNC(=O)CCCN.Cl. The van der Waals surface area contributed by atoms with Crippen LogP contribution in [0.15, 0.2) is 12.1 Å². The highest BCUT2D eigenvalue weighted by atomic mass is 35.5. The van der Waals surface area contributed by atoms with Gasteiger partial charge in [-0.05, 0) is 19.0 Å². The number of carbonyl (C=O) groups is 1. The van der Waals surface area contributed by atoms with E-state index in [2.05, 4.69) is 5.32 Å². The maximum absolute atomic E-state index is 11.6. The number of halogens is 1. The van der Waals surface area contributed by atoms with Crippen LogP contribution in [0.3, 0.4) is 0 Å². The highest BCUT2D eigenvalue weighted by Crippen LogP contribution is 2.34. The Morgan fingerprint density at radius 2 is 1.67 bits per heavy atom. The van der Waals surface area contributed by atoms with Crippen molar-refractivity contribution in [3.8, 4) is 17.2 Å². The summed E-state index contributed by atoms with van der Waals surface area (Å²) < 4.78 is 15.7. The summed E-state index contributed by atoms with van der Waals surface area (Å²) in [5.41, 5.74) is 6.19. The molecule has 0 spiro atoms. The van der Waals surface area contributed by atoms with E-state index < -0.39 is 0 Å². The molecule has 21 heavy (non-hydrogen) atoms. The number of nitrogens with one attached hydrogen (secondary N) is 1. The van der Waals surface area contributed by atoms with Gasteiger partial charge in [0.25, 0.3) is 0 Å². The second-order valence-electron chi connectivity index (χ2n) is 4.19. The molecule has 1 aromatic rings. The molecule has 0 atom stereocenters. The molecular weight excluding hydrogens is 296 g/mol. The van der Waals surface area contributed by atoms with Crippen molar-refractivity contribution in [2.45, 2.75) is 19.4 Å². The van der Waals surface area contributed by atoms with Gasteiger partial charge in [0.2, 0.25) is 5.91 Å². The maximum atomic E-state index is 11.6. The molecule has 0 saturated carbocycles. The van der Waals surface area contributed by atoms with Crippen LogP contribution in [0.4, 0.5) is 0 Å². The summed E-state index contributed by atoms with van der Waals surface area (Å²) >= 11 is 0. The van der Waals surface area contributed by atoms with Crippen molar-refractivity contribution < 1.29 is 19.0 Å². The van der Waals surface area contributed by atoms with Crippen LogP contribution < -0.4 is 25.3 Å². The third kappa shape index (κ3) is 5.69. The average molecular weight is 319 g/mol. The summed E-state index contributed by atoms with van der Waals surface area (Å²) in [6, 6.07) is 3.53. The number of rotatable bonds is 8. The molecular formula is C14H23ClN2O4. The summed E-state index contributed by atoms with van der Waals surface area (Å²) in [6.45, 7) is 0.875. The maximum Gasteiger partial charge on any atom is 0.220 e. The van der Waals surface area contributed by atoms with Crippen LogP contribution in [0.5, 0.6) is 17.2 Å². The first-order chi connectivity index (χ1) is 9.65. The Labute approximate surface area is 131 Å². The Bertz CT molecular complexity index is 455. The molecule has 0 aliphatic rings. The minimum absolute atomic E-state index is 0. The van der Waals surface area contributed by atoms with Crippen molar-refractivity contribution in [1.82, 2.24) is 5.32 Å². The van der Waals surface area contributed by atoms with Crippen LogP contribution in [-0.2, 0) is 11.3 Å². The highest BCUT2D eigenvalue weighted by molar-refractivity contribution is 5.85. The van der Waals surface area contributed by atoms with Gasteiger partial charge in [0, 0.05) is 24.6 Å². The number of hydrogen-bond acceptors (Lipinski definition) is 5. The van der Waals surface area contributed by atoms with E-state index >= 15 is 0 Å². The Morgan fingerprint density at radius 1 is 1.10 bits per heavy atom. The van der Waals surface area contributed by atoms with E-state index in [1.54, 1.807) is 33.5 Å². The Hall–Kier alpha value is -1.66. The predicted octanol–water partition coefficient (Wildman–Crippen LogP) is 1.49. The number of methoxy groups -OCH3 is 3. The topological polar surface area (TPSA) is 82.8 Å². The number of ether oxygens (including phenoxy) is 3. The van der Waals surface area contributed by atoms with Crippen molar-refractivity contribution in [3.63, 3.8) is 0 Å². The molecule has 0 saturated heterocycles. The van der Waals surface area contributed by atoms with Crippen LogP contribution in [0.25, 0.3) is 0 Å². The molecule has 1 aromatic carbocycles. The van der Waals surface area contributed by atoms with Crippen molar-refractivity contribution in [3.05, 3.63) is 17.7 Å². The molecule has 0 aliphatic heterocycles. The van der Waals surface area contributed by atoms with E-state index in [0.717, 1.165) is 5.56 Å². The highest BCUT2D eigenvalue weighted by Gasteiger charge is 2.12. The average Bonchev–Trinajstić information content (AvgIpc) is 2.49. The van der Waals surface area contributed by atoms with Crippen LogP contribution in [0, 0.1) is 0 Å². The lowest BCUT2D eigenvalue weighted by Gasteiger charge is -2.14. The molecule has 6 nitrogen and oxygen atoms in total. The van der Waals surface area contributed by atoms with Gasteiger partial charge in [0.1, 0.15) is 5.75 Å². The van der Waals surface area contributed by atoms with Gasteiger partial charge in [-0.1, -0.05) is 0 Å². The predicted molar refractivity (Wildman–Crippen MR) is 83.5 cm³/mol. The smallest absolute Gasteiger partial charge is 0.220 e. The summed E-state index contributed by atoms with van der Waals surface area (Å²) in [4.78, 5) is 11.6. The van der Waals surface area contributed by atoms with Gasteiger partial charge in [-0.25, -0.2) is 0 Å². The molecule has 1 amide bonds. The van der Waals surface area contributed by atoms with Gasteiger partial charge in [-0.15, -0.1) is 12.4 Å². The molecule has 0 unspecified atom stereocenters. The van der Waals surface area contributed by atoms with Crippen LogP contribution in [-0.4, -0.2) is 33.8 Å². The molecule has 120 valence electrons. The van der Waals surface area contributed by atoms with E-state index in [-0.39, 0.29) is 18.3 Å². The third-order valence-electron chi connectivity index (χ3n) is 2.87. The molecule has 0 heterocycles. The molecule has 0 fully saturated rings. The molecule has 0 aromatic heterocycles. The zero-order valence-corrected chi connectivity index (χ0v) is 13.4. The van der Waals surface area contributed by atoms with Gasteiger partial charge in [0.15, 0.2) is 11.5 Å². The van der Waals surface area contributed by atoms with Crippen LogP contribution in [0.2, 0.25) is 0 Å². The Balaban J connectivity index is 0.00000400. The first kappa shape index (κ1) is 19.3. The lowest BCUT2D eigenvalue weighted by atomic mass is 10.1. The molecule has 0 aliphatic carbocycles. The van der Waals surface area contributed by atoms with Crippen molar-refractivity contribution in [1.29, 1.82) is 0 Å². The first-order valence-electron chi connectivity index (χ1n) is 6.41. The van der Waals surface area contributed by atoms with Gasteiger partial charge in [0.05, 0.1) is 21.3 Å². The van der Waals surface area contributed by atoms with E-state index in [1.807, 2.05) is 0 Å². The zero-order chi connectivity index (χ0) is 15.0. The third-order valence-corrected chi connectivity index (χ3v) is 2.87. The van der Waals surface area contributed by atoms with Crippen LogP contribution in [0.1, 0.15) is 18.4 Å². The number of amides is 1. The lowest BCUT2D eigenvalue weighted by Crippen LogP contribution is -2.23. The van der Waals surface area contributed by atoms with Gasteiger partial charge < -0.3 is 25.3 Å². The lowest BCUT2D eigenvalue weighted by molar-refractivity contribution is -0.121. The van der Waals surface area contributed by atoms with Crippen molar-refractivity contribution in [2.24, 2.45) is 5.73 Å². The largest absolute Gasteiger partial charge is 0.496 e. The van der Waals surface area contributed by atoms with Gasteiger partial charge in [-0.3, -0.25) is 4.79 Å². The minimum Gasteiger partial charge on any atom is -0.496 e. The van der Waals surface area contributed by atoms with E-state index in [1.165, 1.54) is 0 Å². The molecule has 1 rings (SSSR count). The second kappa shape index (κ2) is 10.1. The molecule has 0 radical (unpaired) electrons. The first-order valence-corrected chi connectivity index (χ1v) is 6.41. The number of nitrogens with two attached hydrogens (primary N) is 1. The summed E-state index contributed by atoms with van der Waals surface area (Å²) in [5.74, 6) is 1.79. The summed E-state index contributed by atoms with van der Waals surface area (Å²) in [5, 5.41) is 2.83. The van der Waals surface area contributed by atoms with Crippen molar-refractivity contribution in [2.75, 3.05) is 27.9 Å². The number of carbonyl (C=O) groups excluding carboxylic acids is 1.